The van der Waals surface area contributed by atoms with Crippen LogP contribution < -0.4 is 5.73 Å². The molecule has 0 aromatic carbocycles. The molecule has 5 heteroatoms. The second-order valence-corrected chi connectivity index (χ2v) is 6.16. The number of nitrogens with two attached hydrogens (primary N) is 1. The molecule has 2 N–H and O–H groups in total. The van der Waals surface area contributed by atoms with Crippen molar-refractivity contribution in [1.29, 1.82) is 0 Å². The Kier molecular flexibility index (Phi) is 4.22. The summed E-state index contributed by atoms with van der Waals surface area (Å²) in [6.07, 6.45) is 5.08. The van der Waals surface area contributed by atoms with Gasteiger partial charge in [-0.2, -0.15) is 0 Å². The highest BCUT2D eigenvalue weighted by Gasteiger charge is 2.24. The molecule has 1 aromatic rings. The number of rotatable bonds is 3. The second kappa shape index (κ2) is 5.69. The zero-order valence-electron chi connectivity index (χ0n) is 11.1. The van der Waals surface area contributed by atoms with Gasteiger partial charge in [-0.05, 0) is 31.6 Å². The van der Waals surface area contributed by atoms with E-state index in [1.165, 1.54) is 24.2 Å². The standard InChI is InChI=1S/C13H21N3OS/c1-9-3-5-11(6-4-9)16(2)12(17)7-10-8-18-13(14)15-10/h8-9,11H,3-7H2,1-2H3,(H2,14,15). The Hall–Kier alpha value is -1.10. The molecule has 0 radical (unpaired) electrons. The molecule has 100 valence electrons. The summed E-state index contributed by atoms with van der Waals surface area (Å²) in [7, 11) is 1.92. The summed E-state index contributed by atoms with van der Waals surface area (Å²) in [6.45, 7) is 2.29. The average Bonchev–Trinajstić information content (AvgIpc) is 2.75. The third kappa shape index (κ3) is 3.22. The fourth-order valence-electron chi connectivity index (χ4n) is 2.52. The number of amides is 1. The molecule has 1 heterocycles. The van der Waals surface area contributed by atoms with Gasteiger partial charge in [0.2, 0.25) is 5.91 Å². The number of carbonyl (C=O) groups is 1. The number of aromatic nitrogens is 1. The predicted molar refractivity (Wildman–Crippen MR) is 74.4 cm³/mol. The first-order chi connectivity index (χ1) is 8.56. The molecular formula is C13H21N3OS. The maximum atomic E-state index is 12.2. The number of carbonyl (C=O) groups excluding carboxylic acids is 1. The number of hydrogen-bond donors (Lipinski definition) is 1. The molecule has 1 amide bonds. The van der Waals surface area contributed by atoms with Crippen LogP contribution in [0.4, 0.5) is 5.13 Å². The van der Waals surface area contributed by atoms with Gasteiger partial charge in [0.1, 0.15) is 0 Å². The Morgan fingerprint density at radius 1 is 1.50 bits per heavy atom. The summed E-state index contributed by atoms with van der Waals surface area (Å²) in [5.74, 6) is 0.961. The van der Waals surface area contributed by atoms with Crippen molar-refractivity contribution in [3.05, 3.63) is 11.1 Å². The van der Waals surface area contributed by atoms with Crippen LogP contribution in [0.5, 0.6) is 0 Å². The zero-order valence-corrected chi connectivity index (χ0v) is 11.9. The Morgan fingerprint density at radius 2 is 2.17 bits per heavy atom. The van der Waals surface area contributed by atoms with E-state index in [0.29, 0.717) is 17.6 Å². The Labute approximate surface area is 112 Å². The summed E-state index contributed by atoms with van der Waals surface area (Å²) in [4.78, 5) is 18.2. The Balaban J connectivity index is 1.88. The molecule has 1 saturated carbocycles. The Morgan fingerprint density at radius 3 is 2.72 bits per heavy atom. The van der Waals surface area contributed by atoms with E-state index in [1.54, 1.807) is 0 Å². The summed E-state index contributed by atoms with van der Waals surface area (Å²) >= 11 is 1.39. The molecule has 1 aliphatic rings. The van der Waals surface area contributed by atoms with Crippen LogP contribution in [0.3, 0.4) is 0 Å². The van der Waals surface area contributed by atoms with Gasteiger partial charge in [-0.3, -0.25) is 4.79 Å². The van der Waals surface area contributed by atoms with E-state index >= 15 is 0 Å². The molecule has 1 fully saturated rings. The van der Waals surface area contributed by atoms with Gasteiger partial charge < -0.3 is 10.6 Å². The molecule has 0 bridgehead atoms. The molecule has 18 heavy (non-hydrogen) atoms. The minimum atomic E-state index is 0.153. The third-order valence-corrected chi connectivity index (χ3v) is 4.55. The highest BCUT2D eigenvalue weighted by Crippen LogP contribution is 2.26. The fourth-order valence-corrected chi connectivity index (χ4v) is 3.08. The first kappa shape index (κ1) is 13.3. The van der Waals surface area contributed by atoms with Crippen LogP contribution in [-0.2, 0) is 11.2 Å². The number of nitrogens with zero attached hydrogens (tertiary/aromatic N) is 2. The minimum Gasteiger partial charge on any atom is -0.375 e. The van der Waals surface area contributed by atoms with Gasteiger partial charge in [-0.25, -0.2) is 4.98 Å². The largest absolute Gasteiger partial charge is 0.375 e. The van der Waals surface area contributed by atoms with Crippen molar-refractivity contribution in [2.24, 2.45) is 5.92 Å². The summed E-state index contributed by atoms with van der Waals surface area (Å²) in [5, 5.41) is 2.40. The summed E-state index contributed by atoms with van der Waals surface area (Å²) in [5.41, 5.74) is 6.36. The lowest BCUT2D eigenvalue weighted by Gasteiger charge is -2.33. The van der Waals surface area contributed by atoms with Gasteiger partial charge in [-0.15, -0.1) is 11.3 Å². The highest BCUT2D eigenvalue weighted by atomic mass is 32.1. The molecule has 0 aliphatic heterocycles. The van der Waals surface area contributed by atoms with Crippen LogP contribution in [0, 0.1) is 5.92 Å². The van der Waals surface area contributed by atoms with Crippen LogP contribution in [0.1, 0.15) is 38.3 Å². The maximum Gasteiger partial charge on any atom is 0.228 e. The smallest absolute Gasteiger partial charge is 0.228 e. The first-order valence-corrected chi connectivity index (χ1v) is 7.39. The van der Waals surface area contributed by atoms with E-state index in [0.717, 1.165) is 24.5 Å². The lowest BCUT2D eigenvalue weighted by Crippen LogP contribution is -2.40. The monoisotopic (exact) mass is 267 g/mol. The first-order valence-electron chi connectivity index (χ1n) is 6.51. The lowest BCUT2D eigenvalue weighted by molar-refractivity contribution is -0.132. The molecule has 2 rings (SSSR count). The van der Waals surface area contributed by atoms with E-state index in [-0.39, 0.29) is 5.91 Å². The van der Waals surface area contributed by atoms with Gasteiger partial charge in [0, 0.05) is 18.5 Å². The van der Waals surface area contributed by atoms with Crippen LogP contribution in [0.25, 0.3) is 0 Å². The highest BCUT2D eigenvalue weighted by molar-refractivity contribution is 7.13. The zero-order chi connectivity index (χ0) is 13.1. The quantitative estimate of drug-likeness (QED) is 0.914. The lowest BCUT2D eigenvalue weighted by atomic mass is 9.86. The van der Waals surface area contributed by atoms with Crippen molar-refractivity contribution in [3.8, 4) is 0 Å². The molecule has 0 unspecified atom stereocenters. The minimum absolute atomic E-state index is 0.153. The van der Waals surface area contributed by atoms with Crippen LogP contribution in [-0.4, -0.2) is 28.9 Å². The van der Waals surface area contributed by atoms with Crippen molar-refractivity contribution >= 4 is 22.4 Å². The van der Waals surface area contributed by atoms with Crippen molar-refractivity contribution in [2.75, 3.05) is 12.8 Å². The predicted octanol–water partition coefficient (Wildman–Crippen LogP) is 2.30. The maximum absolute atomic E-state index is 12.2. The van der Waals surface area contributed by atoms with E-state index in [9.17, 15) is 4.79 Å². The molecule has 4 nitrogen and oxygen atoms in total. The molecule has 0 saturated heterocycles. The van der Waals surface area contributed by atoms with Gasteiger partial charge >= 0.3 is 0 Å². The van der Waals surface area contributed by atoms with Gasteiger partial charge in [0.05, 0.1) is 12.1 Å². The average molecular weight is 267 g/mol. The second-order valence-electron chi connectivity index (χ2n) is 5.27. The number of thiazole rings is 1. The summed E-state index contributed by atoms with van der Waals surface area (Å²) in [6, 6.07) is 0.407. The third-order valence-electron chi connectivity index (χ3n) is 3.83. The number of anilines is 1. The van der Waals surface area contributed by atoms with Gasteiger partial charge in [0.25, 0.3) is 0 Å². The summed E-state index contributed by atoms with van der Waals surface area (Å²) < 4.78 is 0. The number of nitrogen functional groups attached to an aromatic ring is 1. The van der Waals surface area contributed by atoms with Crippen LogP contribution in [0.15, 0.2) is 5.38 Å². The SMILES string of the molecule is CC1CCC(N(C)C(=O)Cc2csc(N)n2)CC1. The Bertz CT molecular complexity index is 410. The van der Waals surface area contributed by atoms with E-state index in [2.05, 4.69) is 11.9 Å². The molecule has 0 spiro atoms. The molecule has 0 atom stereocenters. The van der Waals surface area contributed by atoms with Crippen molar-refractivity contribution in [1.82, 2.24) is 9.88 Å². The fraction of sp³-hybridized carbons (Fsp3) is 0.692. The van der Waals surface area contributed by atoms with Gasteiger partial charge in [-0.1, -0.05) is 6.92 Å². The normalized spacial score (nSPS) is 23.9. The number of likely N-dealkylation sites (N-methyl/N-ethyl adjacent to an activating group) is 1. The van der Waals surface area contributed by atoms with Crippen molar-refractivity contribution in [2.45, 2.75) is 45.1 Å². The molecule has 1 aliphatic carbocycles. The van der Waals surface area contributed by atoms with Crippen LogP contribution in [0.2, 0.25) is 0 Å². The van der Waals surface area contributed by atoms with E-state index < -0.39 is 0 Å². The van der Waals surface area contributed by atoms with Crippen LogP contribution >= 0.6 is 11.3 Å². The van der Waals surface area contributed by atoms with Gasteiger partial charge in [0.15, 0.2) is 5.13 Å². The van der Waals surface area contributed by atoms with Crippen molar-refractivity contribution in [3.63, 3.8) is 0 Å². The molecule has 1 aromatic heterocycles. The topological polar surface area (TPSA) is 59.2 Å². The number of hydrogen-bond acceptors (Lipinski definition) is 4. The van der Waals surface area contributed by atoms with E-state index in [4.69, 9.17) is 5.73 Å². The van der Waals surface area contributed by atoms with E-state index in [1.807, 2.05) is 17.3 Å². The van der Waals surface area contributed by atoms with Crippen molar-refractivity contribution < 1.29 is 4.79 Å². The molecular weight excluding hydrogens is 246 g/mol.